The molecular formula is C14H18BrN3O2. The standard InChI is InChI=1S/C14H18BrN3O2/c1-9-4-12(19)17-14(2,3)13(20)18(9)8-10-5-11(15)7-16-6-10/h5-7,9H,4,8H2,1-3H3,(H,17,19). The van der Waals surface area contributed by atoms with Gasteiger partial charge in [-0.3, -0.25) is 14.6 Å². The van der Waals surface area contributed by atoms with Crippen molar-refractivity contribution in [1.29, 1.82) is 0 Å². The first-order valence-electron chi connectivity index (χ1n) is 6.51. The van der Waals surface area contributed by atoms with Crippen LogP contribution in [0.4, 0.5) is 0 Å². The highest BCUT2D eigenvalue weighted by Crippen LogP contribution is 2.21. The van der Waals surface area contributed by atoms with Crippen LogP contribution in [0.15, 0.2) is 22.9 Å². The summed E-state index contributed by atoms with van der Waals surface area (Å²) in [6, 6.07) is 1.79. The van der Waals surface area contributed by atoms with Gasteiger partial charge in [-0.2, -0.15) is 0 Å². The summed E-state index contributed by atoms with van der Waals surface area (Å²) in [5.74, 6) is -0.165. The quantitative estimate of drug-likeness (QED) is 0.894. The summed E-state index contributed by atoms with van der Waals surface area (Å²) in [6.45, 7) is 5.81. The van der Waals surface area contributed by atoms with Gasteiger partial charge in [-0.25, -0.2) is 0 Å². The molecule has 2 amide bonds. The topological polar surface area (TPSA) is 62.3 Å². The van der Waals surface area contributed by atoms with Crippen molar-refractivity contribution in [3.63, 3.8) is 0 Å². The van der Waals surface area contributed by atoms with Gasteiger partial charge in [0.2, 0.25) is 11.8 Å². The highest BCUT2D eigenvalue weighted by atomic mass is 79.9. The lowest BCUT2D eigenvalue weighted by Gasteiger charge is -2.32. The lowest BCUT2D eigenvalue weighted by atomic mass is 10.0. The smallest absolute Gasteiger partial charge is 0.248 e. The minimum atomic E-state index is -0.874. The molecule has 1 fully saturated rings. The summed E-state index contributed by atoms with van der Waals surface area (Å²) in [5, 5.41) is 2.77. The Bertz CT molecular complexity index is 545. The molecule has 2 heterocycles. The minimum Gasteiger partial charge on any atom is -0.342 e. The van der Waals surface area contributed by atoms with Crippen LogP contribution in [0.1, 0.15) is 32.8 Å². The van der Waals surface area contributed by atoms with E-state index in [4.69, 9.17) is 0 Å². The maximum Gasteiger partial charge on any atom is 0.248 e. The molecule has 5 nitrogen and oxygen atoms in total. The van der Waals surface area contributed by atoms with E-state index in [1.165, 1.54) is 0 Å². The molecule has 1 aromatic heterocycles. The fourth-order valence-electron chi connectivity index (χ4n) is 2.36. The van der Waals surface area contributed by atoms with Gasteiger partial charge in [0.25, 0.3) is 0 Å². The number of pyridine rings is 1. The molecule has 2 rings (SSSR count). The molecule has 6 heteroatoms. The first kappa shape index (κ1) is 15.0. The number of nitrogens with zero attached hydrogens (tertiary/aromatic N) is 2. The first-order valence-corrected chi connectivity index (χ1v) is 7.30. The second-order valence-corrected chi connectivity index (χ2v) is 6.59. The largest absolute Gasteiger partial charge is 0.342 e. The number of halogens is 1. The SMILES string of the molecule is CC1CC(=O)NC(C)(C)C(=O)N1Cc1cncc(Br)c1. The van der Waals surface area contributed by atoms with Gasteiger partial charge < -0.3 is 10.2 Å². The third-order valence-corrected chi connectivity index (χ3v) is 3.81. The van der Waals surface area contributed by atoms with Crippen LogP contribution in [0, 0.1) is 0 Å². The summed E-state index contributed by atoms with van der Waals surface area (Å²) in [7, 11) is 0. The van der Waals surface area contributed by atoms with Gasteiger partial charge in [-0.15, -0.1) is 0 Å². The molecule has 0 aromatic carbocycles. The molecule has 1 N–H and O–H groups in total. The lowest BCUT2D eigenvalue weighted by Crippen LogP contribution is -2.53. The van der Waals surface area contributed by atoms with Gasteiger partial charge in [-0.1, -0.05) is 0 Å². The fraction of sp³-hybridized carbons (Fsp3) is 0.500. The zero-order chi connectivity index (χ0) is 14.9. The molecule has 0 spiro atoms. The number of rotatable bonds is 2. The zero-order valence-electron chi connectivity index (χ0n) is 11.8. The molecule has 1 aromatic rings. The van der Waals surface area contributed by atoms with E-state index in [2.05, 4.69) is 26.2 Å². The Hall–Kier alpha value is -1.43. The van der Waals surface area contributed by atoms with Crippen molar-refractivity contribution in [3.8, 4) is 0 Å². The predicted molar refractivity (Wildman–Crippen MR) is 78.8 cm³/mol. The highest BCUT2D eigenvalue weighted by Gasteiger charge is 2.39. The molecule has 0 saturated carbocycles. The van der Waals surface area contributed by atoms with E-state index in [-0.39, 0.29) is 17.9 Å². The molecule has 0 aliphatic carbocycles. The number of hydrogen-bond donors (Lipinski definition) is 1. The van der Waals surface area contributed by atoms with E-state index in [1.54, 1.807) is 31.1 Å². The highest BCUT2D eigenvalue weighted by molar-refractivity contribution is 9.10. The van der Waals surface area contributed by atoms with Gasteiger partial charge in [0.1, 0.15) is 5.54 Å². The van der Waals surface area contributed by atoms with Crippen molar-refractivity contribution < 1.29 is 9.59 Å². The molecule has 1 saturated heterocycles. The van der Waals surface area contributed by atoms with Crippen LogP contribution in [0.5, 0.6) is 0 Å². The molecule has 1 aliphatic heterocycles. The van der Waals surface area contributed by atoms with Gasteiger partial charge in [0, 0.05) is 35.9 Å². The number of amides is 2. The van der Waals surface area contributed by atoms with E-state index in [0.717, 1.165) is 10.0 Å². The second-order valence-electron chi connectivity index (χ2n) is 5.67. The molecule has 1 aliphatic rings. The van der Waals surface area contributed by atoms with Crippen LogP contribution in [-0.4, -0.2) is 33.3 Å². The van der Waals surface area contributed by atoms with Crippen LogP contribution in [0.3, 0.4) is 0 Å². The van der Waals surface area contributed by atoms with E-state index < -0.39 is 5.54 Å². The van der Waals surface area contributed by atoms with Gasteiger partial charge in [0.05, 0.1) is 0 Å². The summed E-state index contributed by atoms with van der Waals surface area (Å²) < 4.78 is 0.874. The van der Waals surface area contributed by atoms with Crippen molar-refractivity contribution in [2.75, 3.05) is 0 Å². The van der Waals surface area contributed by atoms with Gasteiger partial charge in [0.15, 0.2) is 0 Å². The summed E-state index contributed by atoms with van der Waals surface area (Å²) >= 11 is 3.37. The van der Waals surface area contributed by atoms with Crippen LogP contribution in [-0.2, 0) is 16.1 Å². The first-order chi connectivity index (χ1) is 9.29. The van der Waals surface area contributed by atoms with Gasteiger partial charge in [-0.05, 0) is 48.3 Å². The average Bonchev–Trinajstić information content (AvgIpc) is 2.39. The molecule has 0 radical (unpaired) electrons. The Labute approximate surface area is 126 Å². The van der Waals surface area contributed by atoms with Crippen molar-refractivity contribution in [3.05, 3.63) is 28.5 Å². The fourth-order valence-corrected chi connectivity index (χ4v) is 2.77. The average molecular weight is 340 g/mol. The molecule has 1 unspecified atom stereocenters. The molecular weight excluding hydrogens is 322 g/mol. The molecule has 1 atom stereocenters. The number of hydrogen-bond acceptors (Lipinski definition) is 3. The van der Waals surface area contributed by atoms with Crippen LogP contribution in [0.25, 0.3) is 0 Å². The predicted octanol–water partition coefficient (Wildman–Crippen LogP) is 1.86. The number of aromatic nitrogens is 1. The van der Waals surface area contributed by atoms with Crippen molar-refractivity contribution in [2.24, 2.45) is 0 Å². The maximum absolute atomic E-state index is 12.6. The van der Waals surface area contributed by atoms with Crippen LogP contribution in [0.2, 0.25) is 0 Å². The number of carbonyl (C=O) groups excluding carboxylic acids is 2. The summed E-state index contributed by atoms with van der Waals surface area (Å²) in [6.07, 6.45) is 3.75. The Kier molecular flexibility index (Phi) is 4.13. The van der Waals surface area contributed by atoms with E-state index >= 15 is 0 Å². The Morgan fingerprint density at radius 3 is 2.80 bits per heavy atom. The number of nitrogens with one attached hydrogen (secondary N) is 1. The Morgan fingerprint density at radius 1 is 1.45 bits per heavy atom. The summed E-state index contributed by atoms with van der Waals surface area (Å²) in [5.41, 5.74) is 0.0612. The minimum absolute atomic E-state index is 0.0733. The van der Waals surface area contributed by atoms with Crippen molar-refractivity contribution in [2.45, 2.75) is 45.3 Å². The normalized spacial score (nSPS) is 22.4. The van der Waals surface area contributed by atoms with Crippen molar-refractivity contribution in [1.82, 2.24) is 15.2 Å². The Balaban J connectivity index is 2.28. The van der Waals surface area contributed by atoms with Gasteiger partial charge >= 0.3 is 0 Å². The monoisotopic (exact) mass is 339 g/mol. The van der Waals surface area contributed by atoms with E-state index in [0.29, 0.717) is 13.0 Å². The van der Waals surface area contributed by atoms with Crippen LogP contribution < -0.4 is 5.32 Å². The third-order valence-electron chi connectivity index (χ3n) is 3.37. The van der Waals surface area contributed by atoms with Crippen LogP contribution >= 0.6 is 15.9 Å². The Morgan fingerprint density at radius 2 is 2.15 bits per heavy atom. The molecule has 0 bridgehead atoms. The second kappa shape index (κ2) is 5.52. The third kappa shape index (κ3) is 3.17. The molecule has 20 heavy (non-hydrogen) atoms. The van der Waals surface area contributed by atoms with E-state index in [1.807, 2.05) is 13.0 Å². The lowest BCUT2D eigenvalue weighted by molar-refractivity contribution is -0.139. The van der Waals surface area contributed by atoms with Crippen molar-refractivity contribution >= 4 is 27.7 Å². The molecule has 108 valence electrons. The summed E-state index contributed by atoms with van der Waals surface area (Å²) in [4.78, 5) is 30.2. The maximum atomic E-state index is 12.6. The number of carbonyl (C=O) groups is 2. The van der Waals surface area contributed by atoms with E-state index in [9.17, 15) is 9.59 Å². The zero-order valence-corrected chi connectivity index (χ0v) is 13.4.